The van der Waals surface area contributed by atoms with Crippen LogP contribution < -0.4 is 5.56 Å². The number of nitrogens with zero attached hydrogens (tertiary/aromatic N) is 2. The lowest BCUT2D eigenvalue weighted by atomic mass is 9.99. The van der Waals surface area contributed by atoms with Crippen molar-refractivity contribution < 1.29 is 4.39 Å². The molecule has 0 saturated carbocycles. The summed E-state index contributed by atoms with van der Waals surface area (Å²) in [5.74, 6) is -0.292. The minimum Gasteiger partial charge on any atom is -0.325 e. The second-order valence-corrected chi connectivity index (χ2v) is 6.32. The van der Waals surface area contributed by atoms with E-state index < -0.39 is 5.56 Å². The summed E-state index contributed by atoms with van der Waals surface area (Å²) in [7, 11) is 0. The van der Waals surface area contributed by atoms with E-state index in [0.29, 0.717) is 28.9 Å². The van der Waals surface area contributed by atoms with Gasteiger partial charge in [0.05, 0.1) is 0 Å². The zero-order valence-electron chi connectivity index (χ0n) is 13.7. The van der Waals surface area contributed by atoms with Gasteiger partial charge in [-0.3, -0.25) is 9.69 Å². The largest absolute Gasteiger partial charge is 0.325 e. The highest BCUT2D eigenvalue weighted by Gasteiger charge is 2.15. The van der Waals surface area contributed by atoms with E-state index in [9.17, 15) is 14.4 Å². The highest BCUT2D eigenvalue weighted by molar-refractivity contribution is 5.70. The molecule has 4 nitrogen and oxygen atoms in total. The lowest BCUT2D eigenvalue weighted by Crippen LogP contribution is -2.29. The average Bonchev–Trinajstić information content (AvgIpc) is 2.57. The van der Waals surface area contributed by atoms with Gasteiger partial charge in [-0.25, -0.2) is 4.39 Å². The van der Waals surface area contributed by atoms with Crippen LogP contribution in [0.4, 0.5) is 4.39 Å². The lowest BCUT2D eigenvalue weighted by molar-refractivity contribution is 0.218. The molecular formula is C19H20FN3O. The number of aromatic nitrogens is 1. The third kappa shape index (κ3) is 3.39. The molecule has 5 heteroatoms. The van der Waals surface area contributed by atoms with Gasteiger partial charge >= 0.3 is 0 Å². The maximum absolute atomic E-state index is 14.5. The quantitative estimate of drug-likeness (QED) is 0.941. The van der Waals surface area contributed by atoms with E-state index in [4.69, 9.17) is 0 Å². The van der Waals surface area contributed by atoms with Gasteiger partial charge in [-0.2, -0.15) is 5.26 Å². The van der Waals surface area contributed by atoms with Gasteiger partial charge in [0.1, 0.15) is 17.4 Å². The zero-order chi connectivity index (χ0) is 17.1. The van der Waals surface area contributed by atoms with Crippen molar-refractivity contribution in [2.24, 2.45) is 0 Å². The van der Waals surface area contributed by atoms with Crippen molar-refractivity contribution in [3.63, 3.8) is 0 Å². The Morgan fingerprint density at radius 2 is 2.00 bits per heavy atom. The number of rotatable bonds is 3. The summed E-state index contributed by atoms with van der Waals surface area (Å²) in [6.45, 7) is 4.36. The Bertz CT molecular complexity index is 845. The average molecular weight is 325 g/mol. The van der Waals surface area contributed by atoms with Gasteiger partial charge in [0.15, 0.2) is 0 Å². The summed E-state index contributed by atoms with van der Waals surface area (Å²) >= 11 is 0. The number of piperidine rings is 1. The molecule has 1 aliphatic heterocycles. The van der Waals surface area contributed by atoms with Crippen LogP contribution in [-0.2, 0) is 6.54 Å². The highest BCUT2D eigenvalue weighted by atomic mass is 19.1. The molecule has 0 aliphatic carbocycles. The first kappa shape index (κ1) is 16.4. The number of hydrogen-bond acceptors (Lipinski definition) is 3. The van der Waals surface area contributed by atoms with Gasteiger partial charge in [0, 0.05) is 23.4 Å². The van der Waals surface area contributed by atoms with Crippen LogP contribution in [-0.4, -0.2) is 23.0 Å². The normalized spacial score (nSPS) is 15.2. The topological polar surface area (TPSA) is 59.9 Å². The van der Waals surface area contributed by atoms with E-state index in [-0.39, 0.29) is 11.4 Å². The van der Waals surface area contributed by atoms with Gasteiger partial charge in [0.25, 0.3) is 5.56 Å². The number of halogens is 1. The maximum Gasteiger partial charge on any atom is 0.266 e. The van der Waals surface area contributed by atoms with Crippen molar-refractivity contribution in [3.8, 4) is 17.2 Å². The van der Waals surface area contributed by atoms with Crippen LogP contribution >= 0.6 is 0 Å². The number of aromatic amines is 1. The Labute approximate surface area is 140 Å². The zero-order valence-corrected chi connectivity index (χ0v) is 13.7. The van der Waals surface area contributed by atoms with E-state index in [1.165, 1.54) is 12.5 Å². The molecule has 0 bridgehead atoms. The van der Waals surface area contributed by atoms with Crippen LogP contribution in [0.2, 0.25) is 0 Å². The van der Waals surface area contributed by atoms with Gasteiger partial charge in [-0.05, 0) is 50.6 Å². The predicted octanol–water partition coefficient (Wildman–Crippen LogP) is 3.35. The molecule has 2 aromatic rings. The molecule has 0 spiro atoms. The first-order valence-corrected chi connectivity index (χ1v) is 8.23. The number of aryl methyl sites for hydroxylation is 1. The summed E-state index contributed by atoms with van der Waals surface area (Å²) in [5.41, 5.74) is 1.91. The van der Waals surface area contributed by atoms with Crippen LogP contribution in [0.25, 0.3) is 11.1 Å². The van der Waals surface area contributed by atoms with Crippen LogP contribution in [0.15, 0.2) is 29.1 Å². The molecule has 3 rings (SSSR count). The van der Waals surface area contributed by atoms with Crippen molar-refractivity contribution in [2.75, 3.05) is 13.1 Å². The Kier molecular flexibility index (Phi) is 4.77. The molecule has 1 saturated heterocycles. The number of likely N-dealkylation sites (tertiary alicyclic amines) is 1. The summed E-state index contributed by atoms with van der Waals surface area (Å²) in [6.07, 6.45) is 3.57. The van der Waals surface area contributed by atoms with Gasteiger partial charge < -0.3 is 4.98 Å². The van der Waals surface area contributed by atoms with E-state index in [2.05, 4.69) is 9.88 Å². The number of H-pyrrole nitrogens is 1. The number of pyridine rings is 1. The molecular weight excluding hydrogens is 305 g/mol. The summed E-state index contributed by atoms with van der Waals surface area (Å²) < 4.78 is 14.5. The number of nitriles is 1. The maximum atomic E-state index is 14.5. The second kappa shape index (κ2) is 6.98. The number of hydrogen-bond donors (Lipinski definition) is 1. The first-order chi connectivity index (χ1) is 11.6. The van der Waals surface area contributed by atoms with Crippen molar-refractivity contribution in [3.05, 3.63) is 57.3 Å². The van der Waals surface area contributed by atoms with Gasteiger partial charge in [-0.15, -0.1) is 0 Å². The fourth-order valence-corrected chi connectivity index (χ4v) is 3.23. The van der Waals surface area contributed by atoms with Crippen LogP contribution in [0.1, 0.15) is 36.1 Å². The molecule has 0 amide bonds. The molecule has 1 aromatic heterocycles. The Balaban J connectivity index is 1.93. The van der Waals surface area contributed by atoms with Crippen molar-refractivity contribution >= 4 is 0 Å². The minimum atomic E-state index is -0.440. The molecule has 0 unspecified atom stereocenters. The van der Waals surface area contributed by atoms with Crippen molar-refractivity contribution in [2.45, 2.75) is 32.7 Å². The molecule has 0 radical (unpaired) electrons. The fourth-order valence-electron chi connectivity index (χ4n) is 3.23. The summed E-state index contributed by atoms with van der Waals surface area (Å²) in [5, 5.41) is 9.22. The van der Waals surface area contributed by atoms with Crippen molar-refractivity contribution in [1.29, 1.82) is 5.26 Å². The Morgan fingerprint density at radius 1 is 1.25 bits per heavy atom. The van der Waals surface area contributed by atoms with E-state index in [0.717, 1.165) is 25.9 Å². The smallest absolute Gasteiger partial charge is 0.266 e. The van der Waals surface area contributed by atoms with E-state index in [1.54, 1.807) is 25.1 Å². The molecule has 2 heterocycles. The number of nitrogens with one attached hydrogen (secondary N) is 1. The summed E-state index contributed by atoms with van der Waals surface area (Å²) in [6, 6.07) is 8.60. The summed E-state index contributed by atoms with van der Waals surface area (Å²) in [4.78, 5) is 16.8. The molecule has 1 aromatic carbocycles. The SMILES string of the molecule is Cc1cc(-c2ccc(CN3CCCCC3)c(F)c2)c(C#N)c(=O)[nH]1. The minimum absolute atomic E-state index is 0.0174. The first-order valence-electron chi connectivity index (χ1n) is 8.23. The molecule has 24 heavy (non-hydrogen) atoms. The molecule has 0 atom stereocenters. The molecule has 1 N–H and O–H groups in total. The van der Waals surface area contributed by atoms with Gasteiger partial charge in [-0.1, -0.05) is 18.6 Å². The Hall–Kier alpha value is -2.45. The van der Waals surface area contributed by atoms with Crippen LogP contribution in [0.5, 0.6) is 0 Å². The number of benzene rings is 1. The van der Waals surface area contributed by atoms with Crippen LogP contribution in [0, 0.1) is 24.1 Å². The third-order valence-electron chi connectivity index (χ3n) is 4.49. The van der Waals surface area contributed by atoms with Crippen LogP contribution in [0.3, 0.4) is 0 Å². The van der Waals surface area contributed by atoms with Crippen molar-refractivity contribution in [1.82, 2.24) is 9.88 Å². The Morgan fingerprint density at radius 3 is 2.67 bits per heavy atom. The third-order valence-corrected chi connectivity index (χ3v) is 4.49. The monoisotopic (exact) mass is 325 g/mol. The van der Waals surface area contributed by atoms with Gasteiger partial charge in [0.2, 0.25) is 0 Å². The molecule has 124 valence electrons. The second-order valence-electron chi connectivity index (χ2n) is 6.32. The van der Waals surface area contributed by atoms with E-state index >= 15 is 0 Å². The fraction of sp³-hybridized carbons (Fsp3) is 0.368. The van der Waals surface area contributed by atoms with E-state index in [1.807, 2.05) is 6.07 Å². The standard InChI is InChI=1S/C19H20FN3O/c1-13-9-16(17(11-21)19(24)22-13)14-5-6-15(18(20)10-14)12-23-7-3-2-4-8-23/h5-6,9-10H,2-4,7-8,12H2,1H3,(H,22,24). The predicted molar refractivity (Wildman–Crippen MR) is 91.0 cm³/mol. The molecule has 1 aliphatic rings. The molecule has 1 fully saturated rings. The lowest BCUT2D eigenvalue weighted by Gasteiger charge is -2.26. The highest BCUT2D eigenvalue weighted by Crippen LogP contribution is 2.25.